The molecule has 1 heterocycles. The van der Waals surface area contributed by atoms with E-state index in [2.05, 4.69) is 15.9 Å². The van der Waals surface area contributed by atoms with E-state index in [0.29, 0.717) is 36.6 Å². The van der Waals surface area contributed by atoms with E-state index in [0.717, 1.165) is 9.37 Å². The number of nitro groups is 1. The van der Waals surface area contributed by atoms with Crippen LogP contribution in [0.25, 0.3) is 6.08 Å². The van der Waals surface area contributed by atoms with Gasteiger partial charge in [-0.1, -0.05) is 39.8 Å². The van der Waals surface area contributed by atoms with Crippen molar-refractivity contribution in [3.63, 3.8) is 0 Å². The Balaban J connectivity index is 1.69. The van der Waals surface area contributed by atoms with E-state index in [-0.39, 0.29) is 23.5 Å². The molecule has 3 rings (SSSR count). The Kier molecular flexibility index (Phi) is 7.86. The van der Waals surface area contributed by atoms with Gasteiger partial charge in [0.1, 0.15) is 0 Å². The number of carbonyl (C=O) groups excluding carboxylic acids is 2. The lowest BCUT2D eigenvalue weighted by Crippen LogP contribution is -2.28. The van der Waals surface area contributed by atoms with Crippen molar-refractivity contribution in [1.82, 2.24) is 4.90 Å². The van der Waals surface area contributed by atoms with E-state index in [4.69, 9.17) is 4.74 Å². The Hall–Kier alpha value is -2.65. The maximum absolute atomic E-state index is 12.4. The SMILES string of the molecule is CCOC(=O)C1CCN(C(=O)C=Cc2ccc(Sc3cccc(Br)c3)c([N+](=O)[O-])c2)C1. The third kappa shape index (κ3) is 6.18. The van der Waals surface area contributed by atoms with Gasteiger partial charge in [-0.25, -0.2) is 0 Å². The molecule has 1 atom stereocenters. The van der Waals surface area contributed by atoms with Crippen LogP contribution in [0.5, 0.6) is 0 Å². The predicted molar refractivity (Wildman–Crippen MR) is 122 cm³/mol. The number of rotatable bonds is 7. The number of halogens is 1. The average Bonchev–Trinajstić information content (AvgIpc) is 3.23. The summed E-state index contributed by atoms with van der Waals surface area (Å²) in [6.07, 6.45) is 3.51. The van der Waals surface area contributed by atoms with Crippen molar-refractivity contribution in [3.05, 3.63) is 68.7 Å². The van der Waals surface area contributed by atoms with Gasteiger partial charge in [-0.3, -0.25) is 19.7 Å². The van der Waals surface area contributed by atoms with E-state index < -0.39 is 4.92 Å². The zero-order chi connectivity index (χ0) is 22.4. The zero-order valence-electron chi connectivity index (χ0n) is 16.8. The normalized spacial score (nSPS) is 15.9. The van der Waals surface area contributed by atoms with Crippen molar-refractivity contribution in [3.8, 4) is 0 Å². The second kappa shape index (κ2) is 10.6. The highest BCUT2D eigenvalue weighted by atomic mass is 79.9. The molecule has 0 spiro atoms. The number of benzene rings is 2. The summed E-state index contributed by atoms with van der Waals surface area (Å²) in [6, 6.07) is 12.4. The molecule has 1 fully saturated rings. The molecule has 9 heteroatoms. The lowest BCUT2D eigenvalue weighted by Gasteiger charge is -2.13. The number of esters is 1. The Morgan fingerprint density at radius 2 is 2.13 bits per heavy atom. The number of hydrogen-bond donors (Lipinski definition) is 0. The van der Waals surface area contributed by atoms with Crippen LogP contribution in [-0.4, -0.2) is 41.4 Å². The highest BCUT2D eigenvalue weighted by Gasteiger charge is 2.31. The highest BCUT2D eigenvalue weighted by Crippen LogP contribution is 2.36. The van der Waals surface area contributed by atoms with Gasteiger partial charge in [0.2, 0.25) is 5.91 Å². The van der Waals surface area contributed by atoms with Gasteiger partial charge in [0.15, 0.2) is 0 Å². The molecular weight excluding hydrogens is 484 g/mol. The molecule has 1 aliphatic heterocycles. The Morgan fingerprint density at radius 1 is 1.32 bits per heavy atom. The molecule has 1 saturated heterocycles. The molecule has 0 radical (unpaired) electrons. The molecule has 1 aliphatic rings. The van der Waals surface area contributed by atoms with E-state index in [9.17, 15) is 19.7 Å². The van der Waals surface area contributed by atoms with Crippen molar-refractivity contribution in [2.75, 3.05) is 19.7 Å². The fourth-order valence-electron chi connectivity index (χ4n) is 3.21. The first-order valence-corrected chi connectivity index (χ1v) is 11.3. The third-order valence-corrected chi connectivity index (χ3v) is 6.29. The van der Waals surface area contributed by atoms with Gasteiger partial charge in [0.05, 0.1) is 22.3 Å². The topological polar surface area (TPSA) is 89.8 Å². The van der Waals surface area contributed by atoms with Crippen molar-refractivity contribution in [2.24, 2.45) is 5.92 Å². The van der Waals surface area contributed by atoms with Crippen molar-refractivity contribution < 1.29 is 19.2 Å². The molecule has 2 aromatic carbocycles. The lowest BCUT2D eigenvalue weighted by atomic mass is 10.1. The summed E-state index contributed by atoms with van der Waals surface area (Å²) in [5.41, 5.74) is 0.530. The zero-order valence-corrected chi connectivity index (χ0v) is 19.2. The van der Waals surface area contributed by atoms with Crippen LogP contribution < -0.4 is 0 Å². The van der Waals surface area contributed by atoms with Gasteiger partial charge in [-0.15, -0.1) is 0 Å². The van der Waals surface area contributed by atoms with Gasteiger partial charge in [-0.05, 0) is 49.2 Å². The van der Waals surface area contributed by atoms with Crippen molar-refractivity contribution in [1.29, 1.82) is 0 Å². The van der Waals surface area contributed by atoms with Crippen LogP contribution in [0, 0.1) is 16.0 Å². The number of nitrogens with zero attached hydrogens (tertiary/aromatic N) is 2. The van der Waals surface area contributed by atoms with E-state index in [1.165, 1.54) is 23.9 Å². The fourth-order valence-corrected chi connectivity index (χ4v) is 4.72. The first kappa shape index (κ1) is 23.0. The molecule has 0 aromatic heterocycles. The van der Waals surface area contributed by atoms with Crippen LogP contribution >= 0.6 is 27.7 Å². The predicted octanol–water partition coefficient (Wildman–Crippen LogP) is 4.93. The molecule has 1 amide bonds. The van der Waals surface area contributed by atoms with Crippen LogP contribution in [0.1, 0.15) is 18.9 Å². The molecule has 0 N–H and O–H groups in total. The smallest absolute Gasteiger partial charge is 0.310 e. The lowest BCUT2D eigenvalue weighted by molar-refractivity contribution is -0.387. The number of likely N-dealkylation sites (tertiary alicyclic amines) is 1. The molecule has 1 unspecified atom stereocenters. The molecule has 31 heavy (non-hydrogen) atoms. The van der Waals surface area contributed by atoms with Crippen molar-refractivity contribution in [2.45, 2.75) is 23.1 Å². The number of ether oxygens (including phenoxy) is 1. The molecular formula is C22H21BrN2O5S. The van der Waals surface area contributed by atoms with Crippen LogP contribution in [0.2, 0.25) is 0 Å². The number of hydrogen-bond acceptors (Lipinski definition) is 6. The summed E-state index contributed by atoms with van der Waals surface area (Å²) in [5, 5.41) is 11.6. The largest absolute Gasteiger partial charge is 0.466 e. The molecule has 0 aliphatic carbocycles. The van der Waals surface area contributed by atoms with Crippen molar-refractivity contribution >= 4 is 51.3 Å². The number of amides is 1. The van der Waals surface area contributed by atoms with Crippen LogP contribution in [0.3, 0.4) is 0 Å². The Bertz CT molecular complexity index is 1030. The van der Waals surface area contributed by atoms with E-state index >= 15 is 0 Å². The number of carbonyl (C=O) groups is 2. The minimum Gasteiger partial charge on any atom is -0.466 e. The first-order valence-electron chi connectivity index (χ1n) is 9.73. The third-order valence-electron chi connectivity index (χ3n) is 4.74. The van der Waals surface area contributed by atoms with Gasteiger partial charge in [-0.2, -0.15) is 0 Å². The van der Waals surface area contributed by atoms with E-state index in [1.54, 1.807) is 30.0 Å². The molecule has 0 saturated carbocycles. The quantitative estimate of drug-likeness (QED) is 0.229. The molecule has 0 bridgehead atoms. The van der Waals surface area contributed by atoms with E-state index in [1.807, 2.05) is 24.3 Å². The fraction of sp³-hybridized carbons (Fsp3) is 0.273. The summed E-state index contributed by atoms with van der Waals surface area (Å²) in [6.45, 7) is 2.87. The van der Waals surface area contributed by atoms with Gasteiger partial charge < -0.3 is 9.64 Å². The van der Waals surface area contributed by atoms with Crippen LogP contribution in [0.4, 0.5) is 5.69 Å². The second-order valence-electron chi connectivity index (χ2n) is 6.90. The minimum atomic E-state index is -0.427. The minimum absolute atomic E-state index is 0.0249. The Labute approximate surface area is 192 Å². The monoisotopic (exact) mass is 504 g/mol. The summed E-state index contributed by atoms with van der Waals surface area (Å²) in [5.74, 6) is -0.814. The molecule has 7 nitrogen and oxygen atoms in total. The Morgan fingerprint density at radius 3 is 2.84 bits per heavy atom. The molecule has 2 aromatic rings. The standard InChI is InChI=1S/C22H21BrN2O5S/c1-2-30-22(27)16-10-11-24(14-16)21(26)9-7-15-6-8-20(19(12-15)25(28)29)31-18-5-3-4-17(23)13-18/h3-9,12-13,16H,2,10-11,14H2,1H3. The summed E-state index contributed by atoms with van der Waals surface area (Å²) >= 11 is 4.70. The average molecular weight is 505 g/mol. The maximum atomic E-state index is 12.4. The number of nitro benzene ring substituents is 1. The maximum Gasteiger partial charge on any atom is 0.310 e. The first-order chi connectivity index (χ1) is 14.9. The summed E-state index contributed by atoms with van der Waals surface area (Å²) in [7, 11) is 0. The highest BCUT2D eigenvalue weighted by molar-refractivity contribution is 9.10. The second-order valence-corrected chi connectivity index (χ2v) is 8.93. The molecule has 162 valence electrons. The summed E-state index contributed by atoms with van der Waals surface area (Å²) < 4.78 is 5.91. The van der Waals surface area contributed by atoms with Gasteiger partial charge in [0, 0.05) is 34.6 Å². The summed E-state index contributed by atoms with van der Waals surface area (Å²) in [4.78, 5) is 38.4. The van der Waals surface area contributed by atoms with Gasteiger partial charge in [0.25, 0.3) is 5.69 Å². The van der Waals surface area contributed by atoms with Gasteiger partial charge >= 0.3 is 5.97 Å². The van der Waals surface area contributed by atoms with Crippen LogP contribution in [-0.2, 0) is 14.3 Å². The van der Waals surface area contributed by atoms with Crippen LogP contribution in [0.15, 0.2) is 62.8 Å².